The molecule has 0 radical (unpaired) electrons. The third kappa shape index (κ3) is 0.944. The van der Waals surface area contributed by atoms with E-state index in [1.165, 1.54) is 6.42 Å². The molecule has 1 aliphatic carbocycles. The van der Waals surface area contributed by atoms with Crippen LogP contribution in [0.25, 0.3) is 0 Å². The van der Waals surface area contributed by atoms with Crippen LogP contribution in [0.4, 0.5) is 0 Å². The van der Waals surface area contributed by atoms with E-state index < -0.39 is 0 Å². The van der Waals surface area contributed by atoms with Crippen LogP contribution >= 0.6 is 0 Å². The molecule has 0 aromatic carbocycles. The maximum Gasteiger partial charge on any atom is 0.119 e. The Morgan fingerprint density at radius 1 is 1.50 bits per heavy atom. The van der Waals surface area contributed by atoms with Crippen LogP contribution in [-0.2, 0) is 4.74 Å². The van der Waals surface area contributed by atoms with E-state index in [2.05, 4.69) is 0 Å². The van der Waals surface area contributed by atoms with Crippen molar-refractivity contribution in [2.75, 3.05) is 0 Å². The molecule has 3 atom stereocenters. The van der Waals surface area contributed by atoms with Gasteiger partial charge in [0.15, 0.2) is 0 Å². The zero-order valence-corrected chi connectivity index (χ0v) is 6.05. The van der Waals surface area contributed by atoms with Gasteiger partial charge in [-0.1, -0.05) is 0 Å². The van der Waals surface area contributed by atoms with Crippen LogP contribution in [-0.4, -0.2) is 12.0 Å². The molecule has 3 heteroatoms. The molecule has 3 nitrogen and oxygen atoms in total. The van der Waals surface area contributed by atoms with Crippen molar-refractivity contribution in [1.29, 1.82) is 0 Å². The predicted molar refractivity (Wildman–Crippen MR) is 37.9 cm³/mol. The van der Waals surface area contributed by atoms with Crippen LogP contribution in [0.2, 0.25) is 0 Å². The van der Waals surface area contributed by atoms with E-state index in [1.807, 2.05) is 0 Å². The Hall–Kier alpha value is -0.120. The summed E-state index contributed by atoms with van der Waals surface area (Å²) in [5.74, 6) is 0.730. The molecule has 1 heterocycles. The van der Waals surface area contributed by atoms with Crippen LogP contribution in [0, 0.1) is 5.92 Å². The Balaban J connectivity index is 2.13. The summed E-state index contributed by atoms with van der Waals surface area (Å²) in [6, 6.07) is 0. The molecular weight excluding hydrogens is 128 g/mol. The topological polar surface area (TPSA) is 61.3 Å². The number of ether oxygens (including phenoxy) is 1. The minimum absolute atomic E-state index is 0.105. The lowest BCUT2D eigenvalue weighted by Crippen LogP contribution is -2.48. The lowest BCUT2D eigenvalue weighted by molar-refractivity contribution is -0.113. The number of fused-ring (bicyclic) bond motifs is 2. The molecule has 10 heavy (non-hydrogen) atoms. The first kappa shape index (κ1) is 6.58. The van der Waals surface area contributed by atoms with Crippen LogP contribution in [0.15, 0.2) is 0 Å². The molecule has 0 aromatic heterocycles. The fourth-order valence-electron chi connectivity index (χ4n) is 2.13. The summed E-state index contributed by atoms with van der Waals surface area (Å²) in [7, 11) is 0. The van der Waals surface area contributed by atoms with E-state index in [0.29, 0.717) is 0 Å². The Labute approximate surface area is 60.7 Å². The van der Waals surface area contributed by atoms with Crippen LogP contribution in [0.5, 0.6) is 0 Å². The minimum atomic E-state index is -0.359. The van der Waals surface area contributed by atoms with E-state index in [0.717, 1.165) is 25.2 Å². The zero-order chi connectivity index (χ0) is 7.19. The number of hydrogen-bond acceptors (Lipinski definition) is 3. The highest BCUT2D eigenvalue weighted by Gasteiger charge is 2.42. The van der Waals surface area contributed by atoms with Crippen molar-refractivity contribution in [3.8, 4) is 0 Å². The van der Waals surface area contributed by atoms with Gasteiger partial charge in [0.25, 0.3) is 0 Å². The molecule has 4 N–H and O–H groups in total. The normalized spacial score (nSPS) is 53.4. The number of rotatable bonds is 0. The van der Waals surface area contributed by atoms with Gasteiger partial charge in [0, 0.05) is 0 Å². The number of hydrogen-bond donors (Lipinski definition) is 2. The SMILES string of the molecule is NC1CC2CCC(N)(C2)O1. The lowest BCUT2D eigenvalue weighted by Gasteiger charge is -2.33. The van der Waals surface area contributed by atoms with E-state index in [4.69, 9.17) is 16.2 Å². The van der Waals surface area contributed by atoms with Crippen molar-refractivity contribution in [3.05, 3.63) is 0 Å². The monoisotopic (exact) mass is 142 g/mol. The molecule has 0 spiro atoms. The summed E-state index contributed by atoms with van der Waals surface area (Å²) in [6.45, 7) is 0. The Kier molecular flexibility index (Phi) is 1.27. The van der Waals surface area contributed by atoms with Crippen molar-refractivity contribution >= 4 is 0 Å². The summed E-state index contributed by atoms with van der Waals surface area (Å²) in [4.78, 5) is 0. The van der Waals surface area contributed by atoms with E-state index in [-0.39, 0.29) is 12.0 Å². The van der Waals surface area contributed by atoms with Gasteiger partial charge in [-0.05, 0) is 31.6 Å². The zero-order valence-electron chi connectivity index (χ0n) is 6.05. The Morgan fingerprint density at radius 2 is 2.30 bits per heavy atom. The van der Waals surface area contributed by atoms with Crippen LogP contribution < -0.4 is 11.5 Å². The summed E-state index contributed by atoms with van der Waals surface area (Å²) >= 11 is 0. The molecule has 3 unspecified atom stereocenters. The molecule has 1 aliphatic heterocycles. The Morgan fingerprint density at radius 3 is 3.00 bits per heavy atom. The molecule has 2 bridgehead atoms. The van der Waals surface area contributed by atoms with Crippen LogP contribution in [0.3, 0.4) is 0 Å². The average molecular weight is 142 g/mol. The molecule has 2 fully saturated rings. The predicted octanol–water partition coefficient (Wildman–Crippen LogP) is 0.147. The van der Waals surface area contributed by atoms with Crippen LogP contribution in [0.1, 0.15) is 25.7 Å². The maximum atomic E-state index is 5.89. The van der Waals surface area contributed by atoms with E-state index in [9.17, 15) is 0 Å². The highest BCUT2D eigenvalue weighted by atomic mass is 16.5. The third-order valence-electron chi connectivity index (χ3n) is 2.56. The first-order valence-corrected chi connectivity index (χ1v) is 3.90. The first-order valence-electron chi connectivity index (χ1n) is 3.90. The second kappa shape index (κ2) is 1.94. The summed E-state index contributed by atoms with van der Waals surface area (Å²) in [5, 5.41) is 0. The van der Waals surface area contributed by atoms with Gasteiger partial charge in [-0.15, -0.1) is 0 Å². The van der Waals surface area contributed by atoms with Crippen molar-refractivity contribution in [1.82, 2.24) is 0 Å². The quantitative estimate of drug-likeness (QED) is 0.506. The van der Waals surface area contributed by atoms with Gasteiger partial charge in [0.2, 0.25) is 0 Å². The second-order valence-corrected chi connectivity index (χ2v) is 3.57. The van der Waals surface area contributed by atoms with Gasteiger partial charge in [-0.3, -0.25) is 0 Å². The third-order valence-corrected chi connectivity index (χ3v) is 2.56. The van der Waals surface area contributed by atoms with E-state index >= 15 is 0 Å². The summed E-state index contributed by atoms with van der Waals surface area (Å²) < 4.78 is 5.42. The molecule has 1 saturated heterocycles. The summed E-state index contributed by atoms with van der Waals surface area (Å²) in [6.07, 6.45) is 4.10. The molecule has 2 rings (SSSR count). The molecule has 0 amide bonds. The largest absolute Gasteiger partial charge is 0.343 e. The molecule has 2 aliphatic rings. The molecule has 1 saturated carbocycles. The molecular formula is C7H14N2O. The minimum Gasteiger partial charge on any atom is -0.343 e. The Bertz CT molecular complexity index is 151. The maximum absolute atomic E-state index is 5.89. The van der Waals surface area contributed by atoms with Gasteiger partial charge in [-0.2, -0.15) is 0 Å². The van der Waals surface area contributed by atoms with Crippen molar-refractivity contribution < 1.29 is 4.74 Å². The van der Waals surface area contributed by atoms with Crippen molar-refractivity contribution in [2.24, 2.45) is 17.4 Å². The second-order valence-electron chi connectivity index (χ2n) is 3.57. The fraction of sp³-hybridized carbons (Fsp3) is 1.00. The fourth-order valence-corrected chi connectivity index (χ4v) is 2.13. The smallest absolute Gasteiger partial charge is 0.119 e. The highest BCUT2D eigenvalue weighted by Crippen LogP contribution is 2.40. The van der Waals surface area contributed by atoms with Gasteiger partial charge in [0.05, 0.1) is 0 Å². The summed E-state index contributed by atoms with van der Waals surface area (Å²) in [5.41, 5.74) is 11.2. The van der Waals surface area contributed by atoms with Gasteiger partial charge in [-0.25, -0.2) is 0 Å². The van der Waals surface area contributed by atoms with Gasteiger partial charge >= 0.3 is 0 Å². The van der Waals surface area contributed by atoms with Gasteiger partial charge in [0.1, 0.15) is 12.0 Å². The van der Waals surface area contributed by atoms with Crippen molar-refractivity contribution in [2.45, 2.75) is 37.6 Å². The van der Waals surface area contributed by atoms with Gasteiger partial charge < -0.3 is 16.2 Å². The molecule has 0 aromatic rings. The first-order chi connectivity index (χ1) is 4.68. The molecule has 58 valence electrons. The average Bonchev–Trinajstić information content (AvgIpc) is 2.06. The van der Waals surface area contributed by atoms with Crippen molar-refractivity contribution in [3.63, 3.8) is 0 Å². The highest BCUT2D eigenvalue weighted by molar-refractivity contribution is 4.91. The van der Waals surface area contributed by atoms with E-state index in [1.54, 1.807) is 0 Å². The number of nitrogens with two attached hydrogens (primary N) is 2. The lowest BCUT2D eigenvalue weighted by atomic mass is 10.00. The standard InChI is InChI=1S/C7H14N2O/c8-6-3-5-1-2-7(9,4-5)10-6/h5-6H,1-4,8-9H2.